The van der Waals surface area contributed by atoms with Gasteiger partial charge in [0.05, 0.1) is 21.1 Å². The van der Waals surface area contributed by atoms with Crippen LogP contribution in [0.5, 0.6) is 0 Å². The first-order valence-corrected chi connectivity index (χ1v) is 12.0. The highest BCUT2D eigenvalue weighted by Crippen LogP contribution is 2.39. The molecule has 0 saturated carbocycles. The average molecular weight is 453 g/mol. The van der Waals surface area contributed by atoms with E-state index in [0.29, 0.717) is 27.0 Å². The molecule has 0 unspecified atom stereocenters. The Hall–Kier alpha value is -2.16. The number of fused-ring (bicyclic) bond motifs is 3. The van der Waals surface area contributed by atoms with E-state index in [1.165, 1.54) is 28.6 Å². The molecule has 0 aliphatic heterocycles. The van der Waals surface area contributed by atoms with Crippen molar-refractivity contribution in [2.45, 2.75) is 16.2 Å². The fourth-order valence-corrected chi connectivity index (χ4v) is 4.90. The number of benzene rings is 3. The largest absolute Gasteiger partial charge is 0.282 e. The summed E-state index contributed by atoms with van der Waals surface area (Å²) < 4.78 is 52.2. The molecule has 0 aliphatic rings. The van der Waals surface area contributed by atoms with Crippen LogP contribution in [0.2, 0.25) is 5.02 Å². The van der Waals surface area contributed by atoms with Gasteiger partial charge in [-0.1, -0.05) is 23.7 Å². The summed E-state index contributed by atoms with van der Waals surface area (Å²) >= 11 is 8.01. The van der Waals surface area contributed by atoms with Crippen LogP contribution in [0, 0.1) is 0 Å². The number of nitrogens with zero attached hydrogens (tertiary/aromatic N) is 2. The monoisotopic (exact) mass is 452 g/mol. The van der Waals surface area contributed by atoms with Crippen molar-refractivity contribution in [2.24, 2.45) is 0 Å². The van der Waals surface area contributed by atoms with E-state index in [9.17, 15) is 17.2 Å². The van der Waals surface area contributed by atoms with Crippen molar-refractivity contribution in [1.29, 1.82) is 0 Å². The molecule has 4 aromatic rings. The molecule has 0 atom stereocenters. The first-order valence-electron chi connectivity index (χ1n) is 8.49. The van der Waals surface area contributed by atoms with Crippen molar-refractivity contribution in [3.63, 3.8) is 0 Å². The summed E-state index contributed by atoms with van der Waals surface area (Å²) in [4.78, 5) is 1.03. The zero-order chi connectivity index (χ0) is 20.9. The van der Waals surface area contributed by atoms with Crippen molar-refractivity contribution in [3.8, 4) is 5.69 Å². The molecule has 4 nitrogen and oxygen atoms in total. The number of rotatable bonds is 4. The van der Waals surface area contributed by atoms with Gasteiger partial charge in [0.25, 0.3) is 6.43 Å². The molecule has 3 aromatic carbocycles. The summed E-state index contributed by atoms with van der Waals surface area (Å²) in [6.45, 7) is 0. The maximum Gasteiger partial charge on any atom is 0.282 e. The third-order valence-electron chi connectivity index (χ3n) is 4.70. The minimum atomic E-state index is -3.37. The van der Waals surface area contributed by atoms with Crippen LogP contribution in [0.1, 0.15) is 12.1 Å². The molecule has 150 valence electrons. The summed E-state index contributed by atoms with van der Waals surface area (Å²) in [5.41, 5.74) is 0.644. The third-order valence-corrected chi connectivity index (χ3v) is 7.13. The minimum Gasteiger partial charge on any atom is -0.232 e. The van der Waals surface area contributed by atoms with Crippen LogP contribution in [0.15, 0.2) is 58.3 Å². The maximum atomic E-state index is 13.7. The summed E-state index contributed by atoms with van der Waals surface area (Å²) in [6, 6.07) is 13.0. The molecule has 0 amide bonds. The van der Waals surface area contributed by atoms with Gasteiger partial charge in [0, 0.05) is 27.3 Å². The first-order chi connectivity index (χ1) is 13.7. The molecule has 0 aliphatic carbocycles. The van der Waals surface area contributed by atoms with E-state index in [-0.39, 0.29) is 10.6 Å². The van der Waals surface area contributed by atoms with E-state index in [2.05, 4.69) is 5.10 Å². The third kappa shape index (κ3) is 3.39. The second-order valence-electron chi connectivity index (χ2n) is 6.50. The molecule has 0 N–H and O–H groups in total. The summed E-state index contributed by atoms with van der Waals surface area (Å²) in [6.07, 6.45) is 0.264. The molecule has 1 aromatic heterocycles. The number of sulfone groups is 1. The van der Waals surface area contributed by atoms with Crippen LogP contribution in [0.4, 0.5) is 8.78 Å². The second-order valence-corrected chi connectivity index (χ2v) is 9.74. The highest BCUT2D eigenvalue weighted by atomic mass is 35.5. The Morgan fingerprint density at radius 2 is 1.62 bits per heavy atom. The molecule has 1 heterocycles. The Bertz CT molecular complexity index is 1350. The molecule has 9 heteroatoms. The zero-order valence-electron chi connectivity index (χ0n) is 15.4. The summed E-state index contributed by atoms with van der Waals surface area (Å²) in [5, 5.41) is 6.45. The number of hydrogen-bond donors (Lipinski definition) is 0. The van der Waals surface area contributed by atoms with E-state index < -0.39 is 16.3 Å². The average Bonchev–Trinajstić information content (AvgIpc) is 3.08. The van der Waals surface area contributed by atoms with Crippen LogP contribution >= 0.6 is 23.4 Å². The van der Waals surface area contributed by atoms with E-state index in [1.54, 1.807) is 24.3 Å². The van der Waals surface area contributed by atoms with Crippen LogP contribution in [0.3, 0.4) is 0 Å². The van der Waals surface area contributed by atoms with E-state index in [1.807, 2.05) is 18.4 Å². The van der Waals surface area contributed by atoms with E-state index in [0.717, 1.165) is 16.5 Å². The lowest BCUT2D eigenvalue weighted by Gasteiger charge is -2.10. The van der Waals surface area contributed by atoms with Gasteiger partial charge >= 0.3 is 0 Å². The topological polar surface area (TPSA) is 52.0 Å². The molecule has 0 radical (unpaired) electrons. The molecule has 0 saturated heterocycles. The number of alkyl halides is 2. The minimum absolute atomic E-state index is 0.143. The molecule has 0 spiro atoms. The standard InChI is InChI=1S/C20H15ClF2N2O2S2/c1-28-16-10-9-14-13(17(16)21)7-8-15-18(20(22)23)24-25(19(14)15)11-3-5-12(6-4-11)29(2,26)27/h3-10,20H,1-2H3. The molecule has 29 heavy (non-hydrogen) atoms. The van der Waals surface area contributed by atoms with Crippen molar-refractivity contribution < 1.29 is 17.2 Å². The highest BCUT2D eigenvalue weighted by Gasteiger charge is 2.22. The Labute approximate surface area is 175 Å². The molecule has 0 bridgehead atoms. The zero-order valence-corrected chi connectivity index (χ0v) is 17.7. The van der Waals surface area contributed by atoms with Crippen LogP contribution in [0.25, 0.3) is 27.4 Å². The molecular weight excluding hydrogens is 438 g/mol. The van der Waals surface area contributed by atoms with Gasteiger partial charge in [-0.2, -0.15) is 5.10 Å². The van der Waals surface area contributed by atoms with E-state index in [4.69, 9.17) is 11.6 Å². The fraction of sp³-hybridized carbons (Fsp3) is 0.150. The second kappa shape index (κ2) is 7.27. The Morgan fingerprint density at radius 1 is 1.00 bits per heavy atom. The van der Waals surface area contributed by atoms with Gasteiger partial charge in [-0.25, -0.2) is 21.9 Å². The summed E-state index contributed by atoms with van der Waals surface area (Å²) in [5.74, 6) is 0. The van der Waals surface area contributed by atoms with E-state index >= 15 is 0 Å². The quantitative estimate of drug-likeness (QED) is 0.362. The van der Waals surface area contributed by atoms with Crippen LogP contribution in [-0.4, -0.2) is 30.7 Å². The lowest BCUT2D eigenvalue weighted by molar-refractivity contribution is 0.147. The number of aromatic nitrogens is 2. The summed E-state index contributed by atoms with van der Waals surface area (Å²) in [7, 11) is -3.37. The van der Waals surface area contributed by atoms with Gasteiger partial charge in [0.1, 0.15) is 5.69 Å². The Morgan fingerprint density at radius 3 is 2.21 bits per heavy atom. The van der Waals surface area contributed by atoms with Gasteiger partial charge in [-0.05, 0) is 42.7 Å². The Kier molecular flexibility index (Phi) is 5.04. The lowest BCUT2D eigenvalue weighted by Crippen LogP contribution is -2.01. The SMILES string of the molecule is CSc1ccc2c(ccc3c(C(F)F)nn(-c4ccc(S(C)(=O)=O)cc4)c32)c1Cl. The highest BCUT2D eigenvalue weighted by molar-refractivity contribution is 7.98. The van der Waals surface area contributed by atoms with Crippen molar-refractivity contribution in [3.05, 3.63) is 59.2 Å². The van der Waals surface area contributed by atoms with Gasteiger partial charge in [0.15, 0.2) is 9.84 Å². The van der Waals surface area contributed by atoms with Gasteiger partial charge < -0.3 is 0 Å². The number of hydrogen-bond acceptors (Lipinski definition) is 4. The van der Waals surface area contributed by atoms with Gasteiger partial charge in [-0.3, -0.25) is 0 Å². The van der Waals surface area contributed by atoms with Crippen LogP contribution in [-0.2, 0) is 9.84 Å². The maximum absolute atomic E-state index is 13.7. The predicted molar refractivity (Wildman–Crippen MR) is 113 cm³/mol. The van der Waals surface area contributed by atoms with Crippen LogP contribution < -0.4 is 0 Å². The van der Waals surface area contributed by atoms with Crippen molar-refractivity contribution in [1.82, 2.24) is 9.78 Å². The van der Waals surface area contributed by atoms with Gasteiger partial charge in [-0.15, -0.1) is 11.8 Å². The number of thioether (sulfide) groups is 1. The smallest absolute Gasteiger partial charge is 0.232 e. The first kappa shape index (κ1) is 20.1. The molecule has 4 rings (SSSR count). The lowest BCUT2D eigenvalue weighted by atomic mass is 10.1. The molecular formula is C20H15ClF2N2O2S2. The number of halogens is 3. The van der Waals surface area contributed by atoms with Crippen molar-refractivity contribution >= 4 is 54.9 Å². The van der Waals surface area contributed by atoms with Gasteiger partial charge in [0.2, 0.25) is 0 Å². The predicted octanol–water partition coefficient (Wildman–Crippen LogP) is 5.90. The van der Waals surface area contributed by atoms with Crippen molar-refractivity contribution in [2.75, 3.05) is 12.5 Å². The fourth-order valence-electron chi connectivity index (χ4n) is 3.32. The molecule has 0 fully saturated rings. The normalized spacial score (nSPS) is 12.3. The Balaban J connectivity index is 2.06.